The number of rotatable bonds is 4. The summed E-state index contributed by atoms with van der Waals surface area (Å²) in [6.07, 6.45) is 0. The van der Waals surface area contributed by atoms with Crippen molar-refractivity contribution in [2.75, 3.05) is 6.54 Å². The lowest BCUT2D eigenvalue weighted by Gasteiger charge is -2.17. The Hall–Kier alpha value is -0.350. The van der Waals surface area contributed by atoms with E-state index in [4.69, 9.17) is 11.6 Å². The van der Waals surface area contributed by atoms with Crippen molar-refractivity contribution in [1.29, 1.82) is 0 Å². The Labute approximate surface area is 132 Å². The predicted molar refractivity (Wildman–Crippen MR) is 88.5 cm³/mol. The molecule has 2 aromatic rings. The van der Waals surface area contributed by atoms with Crippen LogP contribution in [0.1, 0.15) is 34.5 Å². The molecular formula is C15H17BrClNS. The Morgan fingerprint density at radius 3 is 2.53 bits per heavy atom. The van der Waals surface area contributed by atoms with Crippen molar-refractivity contribution in [3.05, 3.63) is 54.6 Å². The van der Waals surface area contributed by atoms with Crippen molar-refractivity contribution >= 4 is 38.9 Å². The summed E-state index contributed by atoms with van der Waals surface area (Å²) >= 11 is 11.6. The average molecular weight is 359 g/mol. The van der Waals surface area contributed by atoms with Gasteiger partial charge in [0, 0.05) is 9.90 Å². The monoisotopic (exact) mass is 357 g/mol. The second-order valence-electron chi connectivity index (χ2n) is 4.60. The van der Waals surface area contributed by atoms with Crippen LogP contribution in [0.2, 0.25) is 5.02 Å². The Kier molecular flexibility index (Phi) is 5.07. The van der Waals surface area contributed by atoms with E-state index in [1.165, 1.54) is 19.8 Å². The van der Waals surface area contributed by atoms with Gasteiger partial charge in [-0.15, -0.1) is 11.3 Å². The fourth-order valence-corrected chi connectivity index (χ4v) is 3.87. The summed E-state index contributed by atoms with van der Waals surface area (Å²) in [4.78, 5) is 1.31. The van der Waals surface area contributed by atoms with Gasteiger partial charge in [-0.3, -0.25) is 0 Å². The fraction of sp³-hybridized carbons (Fsp3) is 0.333. The molecule has 0 aliphatic carbocycles. The largest absolute Gasteiger partial charge is 0.306 e. The molecule has 0 spiro atoms. The van der Waals surface area contributed by atoms with E-state index in [1.807, 2.05) is 6.92 Å². The van der Waals surface area contributed by atoms with Gasteiger partial charge in [0.1, 0.15) is 0 Å². The van der Waals surface area contributed by atoms with E-state index in [2.05, 4.69) is 59.4 Å². The number of halogens is 2. The highest BCUT2D eigenvalue weighted by Gasteiger charge is 2.17. The predicted octanol–water partition coefficient (Wildman–Crippen LogP) is 5.48. The standard InChI is InChI=1S/C15H17BrClNS/c1-4-18-14(13-7-10(3)15(16)19-13)11-6-5-9(2)12(17)8-11/h5-8,14,18H,4H2,1-3H3. The lowest BCUT2D eigenvalue weighted by atomic mass is 10.0. The van der Waals surface area contributed by atoms with Gasteiger partial charge < -0.3 is 5.32 Å². The molecule has 0 amide bonds. The summed E-state index contributed by atoms with van der Waals surface area (Å²) in [6, 6.07) is 8.73. The molecule has 0 radical (unpaired) electrons. The second-order valence-corrected chi connectivity index (χ2v) is 7.41. The summed E-state index contributed by atoms with van der Waals surface area (Å²) in [5.41, 5.74) is 3.61. The second kappa shape index (κ2) is 6.40. The van der Waals surface area contributed by atoms with Crippen molar-refractivity contribution in [1.82, 2.24) is 5.32 Å². The number of hydrogen-bond acceptors (Lipinski definition) is 2. The highest BCUT2D eigenvalue weighted by molar-refractivity contribution is 9.11. The first kappa shape index (κ1) is 15.0. The molecule has 0 aliphatic heterocycles. The molecule has 4 heteroatoms. The minimum Gasteiger partial charge on any atom is -0.306 e. The molecule has 1 aromatic carbocycles. The Morgan fingerprint density at radius 1 is 1.26 bits per heavy atom. The first-order valence-electron chi connectivity index (χ1n) is 6.28. The smallest absolute Gasteiger partial charge is 0.0731 e. The van der Waals surface area contributed by atoms with Crippen LogP contribution in [0.5, 0.6) is 0 Å². The zero-order valence-electron chi connectivity index (χ0n) is 11.3. The Bertz CT molecular complexity index is 560. The third-order valence-corrected chi connectivity index (χ3v) is 5.71. The van der Waals surface area contributed by atoms with Crippen molar-refractivity contribution in [3.63, 3.8) is 0 Å². The fourth-order valence-electron chi connectivity index (χ4n) is 2.00. The maximum absolute atomic E-state index is 6.25. The van der Waals surface area contributed by atoms with Crippen LogP contribution < -0.4 is 5.32 Å². The van der Waals surface area contributed by atoms with E-state index in [0.29, 0.717) is 0 Å². The van der Waals surface area contributed by atoms with Crippen LogP contribution in [0, 0.1) is 13.8 Å². The quantitative estimate of drug-likeness (QED) is 0.763. The Balaban J connectivity index is 2.41. The number of benzene rings is 1. The molecule has 0 fully saturated rings. The zero-order valence-corrected chi connectivity index (χ0v) is 14.4. The third kappa shape index (κ3) is 3.40. The first-order chi connectivity index (χ1) is 9.02. The number of thiophene rings is 1. The number of nitrogens with one attached hydrogen (secondary N) is 1. The van der Waals surface area contributed by atoms with Crippen LogP contribution in [-0.4, -0.2) is 6.54 Å². The van der Waals surface area contributed by atoms with Gasteiger partial charge in [0.25, 0.3) is 0 Å². The lowest BCUT2D eigenvalue weighted by molar-refractivity contribution is 0.639. The zero-order chi connectivity index (χ0) is 14.0. The van der Waals surface area contributed by atoms with Crippen LogP contribution in [0.3, 0.4) is 0 Å². The minimum atomic E-state index is 0.207. The van der Waals surface area contributed by atoms with Crippen molar-refractivity contribution in [2.24, 2.45) is 0 Å². The topological polar surface area (TPSA) is 12.0 Å². The Morgan fingerprint density at radius 2 is 2.00 bits per heavy atom. The normalized spacial score (nSPS) is 12.7. The van der Waals surface area contributed by atoms with E-state index < -0.39 is 0 Å². The summed E-state index contributed by atoms with van der Waals surface area (Å²) < 4.78 is 1.20. The number of hydrogen-bond donors (Lipinski definition) is 1. The summed E-state index contributed by atoms with van der Waals surface area (Å²) in [5.74, 6) is 0. The maximum atomic E-state index is 6.25. The SMILES string of the molecule is CCNC(c1ccc(C)c(Cl)c1)c1cc(C)c(Br)s1. The summed E-state index contributed by atoms with van der Waals surface area (Å²) in [5, 5.41) is 4.36. The van der Waals surface area contributed by atoms with Crippen LogP contribution >= 0.6 is 38.9 Å². The lowest BCUT2D eigenvalue weighted by Crippen LogP contribution is -2.21. The maximum Gasteiger partial charge on any atom is 0.0731 e. The third-order valence-electron chi connectivity index (χ3n) is 3.10. The molecule has 0 saturated heterocycles. The van der Waals surface area contributed by atoms with Crippen LogP contribution in [0.25, 0.3) is 0 Å². The molecular weight excluding hydrogens is 342 g/mol. The molecule has 19 heavy (non-hydrogen) atoms. The van der Waals surface area contributed by atoms with Gasteiger partial charge in [-0.1, -0.05) is 30.7 Å². The average Bonchev–Trinajstić information content (AvgIpc) is 2.70. The van der Waals surface area contributed by atoms with E-state index >= 15 is 0 Å². The van der Waals surface area contributed by atoms with Crippen molar-refractivity contribution < 1.29 is 0 Å². The van der Waals surface area contributed by atoms with Gasteiger partial charge in [-0.2, -0.15) is 0 Å². The van der Waals surface area contributed by atoms with Crippen LogP contribution in [0.15, 0.2) is 28.1 Å². The molecule has 1 aromatic heterocycles. The van der Waals surface area contributed by atoms with Gasteiger partial charge in [-0.05, 0) is 65.1 Å². The molecule has 102 valence electrons. The summed E-state index contributed by atoms with van der Waals surface area (Å²) in [7, 11) is 0. The van der Waals surface area contributed by atoms with Crippen LogP contribution in [-0.2, 0) is 0 Å². The van der Waals surface area contributed by atoms with E-state index in [9.17, 15) is 0 Å². The molecule has 1 nitrogen and oxygen atoms in total. The molecule has 1 atom stereocenters. The molecule has 1 N–H and O–H groups in total. The van der Waals surface area contributed by atoms with Crippen molar-refractivity contribution in [3.8, 4) is 0 Å². The van der Waals surface area contributed by atoms with Gasteiger partial charge in [0.15, 0.2) is 0 Å². The van der Waals surface area contributed by atoms with Crippen LogP contribution in [0.4, 0.5) is 0 Å². The van der Waals surface area contributed by atoms with Gasteiger partial charge in [0.05, 0.1) is 9.83 Å². The van der Waals surface area contributed by atoms with Gasteiger partial charge in [0.2, 0.25) is 0 Å². The van der Waals surface area contributed by atoms with Crippen molar-refractivity contribution in [2.45, 2.75) is 26.8 Å². The molecule has 0 aliphatic rings. The van der Waals surface area contributed by atoms with E-state index in [-0.39, 0.29) is 6.04 Å². The molecule has 1 unspecified atom stereocenters. The van der Waals surface area contributed by atoms with Gasteiger partial charge in [-0.25, -0.2) is 0 Å². The molecule has 1 heterocycles. The van der Waals surface area contributed by atoms with E-state index in [1.54, 1.807) is 11.3 Å². The highest BCUT2D eigenvalue weighted by atomic mass is 79.9. The highest BCUT2D eigenvalue weighted by Crippen LogP contribution is 2.35. The molecule has 2 rings (SSSR count). The number of aryl methyl sites for hydroxylation is 2. The first-order valence-corrected chi connectivity index (χ1v) is 8.27. The summed E-state index contributed by atoms with van der Waals surface area (Å²) in [6.45, 7) is 7.19. The van der Waals surface area contributed by atoms with E-state index in [0.717, 1.165) is 17.1 Å². The molecule has 0 saturated carbocycles. The minimum absolute atomic E-state index is 0.207. The van der Waals surface area contributed by atoms with Gasteiger partial charge >= 0.3 is 0 Å². The molecule has 0 bridgehead atoms.